The van der Waals surface area contributed by atoms with Crippen LogP contribution in [0.5, 0.6) is 11.5 Å². The lowest BCUT2D eigenvalue weighted by atomic mass is 10.0. The molecule has 0 radical (unpaired) electrons. The summed E-state index contributed by atoms with van der Waals surface area (Å²) in [6.45, 7) is 0.215. The van der Waals surface area contributed by atoms with Crippen molar-refractivity contribution < 1.29 is 44.3 Å². The van der Waals surface area contributed by atoms with Gasteiger partial charge in [0.2, 0.25) is 11.8 Å². The van der Waals surface area contributed by atoms with Gasteiger partial charge in [0, 0.05) is 35.2 Å². The van der Waals surface area contributed by atoms with E-state index < -0.39 is 49.2 Å². The third-order valence-corrected chi connectivity index (χ3v) is 5.44. The van der Waals surface area contributed by atoms with Crippen molar-refractivity contribution in [2.24, 2.45) is 0 Å². The fourth-order valence-electron chi connectivity index (χ4n) is 2.80. The van der Waals surface area contributed by atoms with Crippen LogP contribution in [0, 0.1) is 6.92 Å². The lowest BCUT2D eigenvalue weighted by Gasteiger charge is -2.23. The van der Waals surface area contributed by atoms with Gasteiger partial charge in [-0.2, -0.15) is 11.8 Å². The van der Waals surface area contributed by atoms with Gasteiger partial charge in [0.25, 0.3) is 0 Å². The molecule has 170 valence electrons. The van der Waals surface area contributed by atoms with Gasteiger partial charge < -0.3 is 41.1 Å². The molecule has 13 heteroatoms. The second-order valence-electron chi connectivity index (χ2n) is 6.58. The molecule has 0 fully saturated rings. The highest BCUT2D eigenvalue weighted by Gasteiger charge is 2.29. The molecule has 2 atom stereocenters. The first-order valence-corrected chi connectivity index (χ1v) is 10.3. The standard InChI is InChI=1S/C18H23N3O9S/c1-8-12(23)4-13(24)9-7-31-3-2-19-15(25)11(6-30-17(27)14(8)9)20-16(26)10(5-22)21-18(28)29/h4,10-11,21-24H,2-3,5-7H2,1H3,(H,19,25)(H,20,26)(H,28,29)/t10-,11-/m0/s1. The molecule has 1 aromatic carbocycles. The summed E-state index contributed by atoms with van der Waals surface area (Å²) < 4.78 is 5.17. The normalized spacial score (nSPS) is 18.3. The first-order valence-electron chi connectivity index (χ1n) is 9.13. The SMILES string of the molecule is Cc1c(O)cc(O)c2c1C(=O)OC[C@H](NC(=O)[C@H](CO)NC(=O)O)C(=O)NCCSC2. The highest BCUT2D eigenvalue weighted by Crippen LogP contribution is 2.34. The number of aromatic hydroxyl groups is 2. The van der Waals surface area contributed by atoms with Gasteiger partial charge in [0.1, 0.15) is 30.2 Å². The Bertz CT molecular complexity index is 877. The number of carbonyl (C=O) groups is 4. The summed E-state index contributed by atoms with van der Waals surface area (Å²) in [5.41, 5.74) is 0.409. The molecule has 0 spiro atoms. The molecule has 0 saturated carbocycles. The summed E-state index contributed by atoms with van der Waals surface area (Å²) in [6, 6.07) is -1.78. The van der Waals surface area contributed by atoms with Crippen molar-refractivity contribution in [3.63, 3.8) is 0 Å². The maximum Gasteiger partial charge on any atom is 0.405 e. The van der Waals surface area contributed by atoms with Gasteiger partial charge in [0.15, 0.2) is 0 Å². The number of aliphatic hydroxyl groups excluding tert-OH is 1. The minimum absolute atomic E-state index is 0.0446. The number of nitrogens with one attached hydrogen (secondary N) is 3. The molecule has 31 heavy (non-hydrogen) atoms. The van der Waals surface area contributed by atoms with E-state index in [9.17, 15) is 34.5 Å². The maximum absolute atomic E-state index is 12.7. The van der Waals surface area contributed by atoms with Gasteiger partial charge in [0.05, 0.1) is 12.2 Å². The molecule has 0 aromatic heterocycles. The molecule has 0 saturated heterocycles. The number of phenols is 2. The molecule has 7 N–H and O–H groups in total. The average molecular weight is 457 g/mol. The summed E-state index contributed by atoms with van der Waals surface area (Å²) in [4.78, 5) is 48.1. The molecule has 1 aliphatic rings. The largest absolute Gasteiger partial charge is 0.508 e. The van der Waals surface area contributed by atoms with E-state index >= 15 is 0 Å². The number of aliphatic hydroxyl groups is 1. The fourth-order valence-corrected chi connectivity index (χ4v) is 3.69. The summed E-state index contributed by atoms with van der Waals surface area (Å²) in [5.74, 6) is -2.53. The van der Waals surface area contributed by atoms with Gasteiger partial charge in [-0.05, 0) is 6.92 Å². The predicted molar refractivity (Wildman–Crippen MR) is 108 cm³/mol. The van der Waals surface area contributed by atoms with Crippen LogP contribution >= 0.6 is 11.8 Å². The van der Waals surface area contributed by atoms with Crippen molar-refractivity contribution in [2.75, 3.05) is 25.5 Å². The fraction of sp³-hybridized carbons (Fsp3) is 0.444. The lowest BCUT2D eigenvalue weighted by molar-refractivity contribution is -0.131. The molecule has 1 heterocycles. The molecule has 1 aromatic rings. The van der Waals surface area contributed by atoms with E-state index in [1.165, 1.54) is 18.7 Å². The van der Waals surface area contributed by atoms with Crippen LogP contribution in [0.1, 0.15) is 21.5 Å². The monoisotopic (exact) mass is 457 g/mol. The van der Waals surface area contributed by atoms with E-state index in [-0.39, 0.29) is 40.5 Å². The topological polar surface area (TPSA) is 195 Å². The zero-order valence-electron chi connectivity index (χ0n) is 16.5. The quantitative estimate of drug-likeness (QED) is 0.277. The molecule has 12 nitrogen and oxygen atoms in total. The first kappa shape index (κ1) is 24.1. The Morgan fingerprint density at radius 2 is 2.03 bits per heavy atom. The number of carbonyl (C=O) groups excluding carboxylic acids is 3. The van der Waals surface area contributed by atoms with Crippen molar-refractivity contribution in [2.45, 2.75) is 24.8 Å². The van der Waals surface area contributed by atoms with Crippen molar-refractivity contribution >= 4 is 35.6 Å². The zero-order chi connectivity index (χ0) is 23.1. The van der Waals surface area contributed by atoms with E-state index in [0.717, 1.165) is 6.07 Å². The van der Waals surface area contributed by atoms with Crippen LogP contribution in [0.2, 0.25) is 0 Å². The Labute approximate surface area is 181 Å². The van der Waals surface area contributed by atoms with E-state index in [2.05, 4.69) is 10.6 Å². The van der Waals surface area contributed by atoms with E-state index in [0.29, 0.717) is 5.75 Å². The lowest BCUT2D eigenvalue weighted by Crippen LogP contribution is -2.56. The molecule has 0 aliphatic carbocycles. The van der Waals surface area contributed by atoms with Crippen LogP contribution in [-0.2, 0) is 20.1 Å². The van der Waals surface area contributed by atoms with Crippen molar-refractivity contribution in [3.8, 4) is 11.5 Å². The molecule has 1 aliphatic heterocycles. The van der Waals surface area contributed by atoms with Crippen LogP contribution in [0.4, 0.5) is 4.79 Å². The van der Waals surface area contributed by atoms with Gasteiger partial charge in [-0.3, -0.25) is 9.59 Å². The van der Waals surface area contributed by atoms with Crippen LogP contribution in [-0.4, -0.2) is 81.9 Å². The Hall–Kier alpha value is -3.19. The van der Waals surface area contributed by atoms with Crippen molar-refractivity contribution in [3.05, 3.63) is 22.8 Å². The van der Waals surface area contributed by atoms with E-state index in [1.807, 2.05) is 0 Å². The Kier molecular flexibility index (Phi) is 8.33. The highest BCUT2D eigenvalue weighted by molar-refractivity contribution is 7.98. The number of carboxylic acid groups (broad SMARTS) is 1. The third kappa shape index (κ3) is 6.15. The zero-order valence-corrected chi connectivity index (χ0v) is 17.3. The van der Waals surface area contributed by atoms with Gasteiger partial charge in [-0.1, -0.05) is 0 Å². The van der Waals surface area contributed by atoms with Crippen LogP contribution in [0.3, 0.4) is 0 Å². The Morgan fingerprint density at radius 1 is 1.32 bits per heavy atom. The summed E-state index contributed by atoms with van der Waals surface area (Å²) in [6.07, 6.45) is -1.55. The first-order chi connectivity index (χ1) is 14.6. The summed E-state index contributed by atoms with van der Waals surface area (Å²) >= 11 is 1.31. The molecule has 3 amide bonds. The number of rotatable bonds is 4. The number of hydrogen-bond donors (Lipinski definition) is 7. The number of ether oxygens (including phenoxy) is 1. The molecule has 0 bridgehead atoms. The average Bonchev–Trinajstić information content (AvgIpc) is 2.70. The second kappa shape index (κ2) is 10.7. The summed E-state index contributed by atoms with van der Waals surface area (Å²) in [5, 5.41) is 44.7. The van der Waals surface area contributed by atoms with Crippen LogP contribution in [0.25, 0.3) is 0 Å². The maximum atomic E-state index is 12.7. The van der Waals surface area contributed by atoms with Crippen molar-refractivity contribution in [1.29, 1.82) is 0 Å². The number of phenolic OH excluding ortho intramolecular Hbond substituents is 2. The minimum Gasteiger partial charge on any atom is -0.508 e. The highest BCUT2D eigenvalue weighted by atomic mass is 32.2. The van der Waals surface area contributed by atoms with Gasteiger partial charge in [-0.25, -0.2) is 9.59 Å². The minimum atomic E-state index is -1.55. The number of cyclic esters (lactones) is 1. The van der Waals surface area contributed by atoms with Crippen molar-refractivity contribution in [1.82, 2.24) is 16.0 Å². The number of fused-ring (bicyclic) bond motifs is 1. The third-order valence-electron chi connectivity index (χ3n) is 4.45. The van der Waals surface area contributed by atoms with Crippen LogP contribution < -0.4 is 16.0 Å². The smallest absolute Gasteiger partial charge is 0.405 e. The second-order valence-corrected chi connectivity index (χ2v) is 7.69. The predicted octanol–water partition coefficient (Wildman–Crippen LogP) is -0.961. The molecular formula is C18H23N3O9S. The van der Waals surface area contributed by atoms with Crippen LogP contribution in [0.15, 0.2) is 6.07 Å². The molecule has 0 unspecified atom stereocenters. The Morgan fingerprint density at radius 3 is 2.68 bits per heavy atom. The Balaban J connectivity index is 2.27. The number of benzene rings is 1. The molecule has 2 rings (SSSR count). The van der Waals surface area contributed by atoms with Gasteiger partial charge >= 0.3 is 12.1 Å². The number of hydrogen-bond acceptors (Lipinski definition) is 9. The molecular weight excluding hydrogens is 434 g/mol. The van der Waals surface area contributed by atoms with E-state index in [4.69, 9.17) is 9.84 Å². The van der Waals surface area contributed by atoms with Gasteiger partial charge in [-0.15, -0.1) is 0 Å². The number of thioether (sulfide) groups is 1. The summed E-state index contributed by atoms with van der Waals surface area (Å²) in [7, 11) is 0. The number of esters is 1. The number of amides is 3. The van der Waals surface area contributed by atoms with E-state index in [1.54, 1.807) is 5.32 Å².